The topological polar surface area (TPSA) is 113 Å². The summed E-state index contributed by atoms with van der Waals surface area (Å²) in [5, 5.41) is 20.5. The van der Waals surface area contributed by atoms with Crippen LogP contribution in [0.5, 0.6) is 11.5 Å². The molecule has 0 aromatic heterocycles. The van der Waals surface area contributed by atoms with E-state index in [1.807, 2.05) is 6.92 Å². The lowest BCUT2D eigenvalue weighted by Gasteiger charge is -2.25. The third-order valence-corrected chi connectivity index (χ3v) is 6.11. The van der Waals surface area contributed by atoms with Crippen molar-refractivity contribution in [3.63, 3.8) is 0 Å². The molecule has 0 aliphatic carbocycles. The van der Waals surface area contributed by atoms with E-state index in [0.717, 1.165) is 6.42 Å². The second kappa shape index (κ2) is 11.0. The van der Waals surface area contributed by atoms with Gasteiger partial charge in [-0.1, -0.05) is 43.3 Å². The fraction of sp³-hybridized carbons (Fsp3) is 0.207. The number of benzene rings is 3. The van der Waals surface area contributed by atoms with Crippen LogP contribution < -0.4 is 9.47 Å². The average molecular weight is 502 g/mol. The predicted octanol–water partition coefficient (Wildman–Crippen LogP) is 4.80. The predicted molar refractivity (Wildman–Crippen MR) is 136 cm³/mol. The first-order chi connectivity index (χ1) is 17.8. The number of aliphatic hydroxyl groups excluding tert-OH is 1. The molecule has 3 aromatic rings. The minimum atomic E-state index is -1.06. The molecule has 3 aromatic carbocycles. The van der Waals surface area contributed by atoms with Gasteiger partial charge >= 0.3 is 5.97 Å². The molecule has 1 saturated heterocycles. The van der Waals surface area contributed by atoms with Crippen molar-refractivity contribution >= 4 is 23.4 Å². The van der Waals surface area contributed by atoms with Crippen molar-refractivity contribution in [3.05, 3.63) is 101 Å². The Hall–Kier alpha value is -4.59. The number of carboxylic acids is 1. The maximum absolute atomic E-state index is 13.3. The monoisotopic (exact) mass is 501 g/mol. The second-order valence-electron chi connectivity index (χ2n) is 8.58. The van der Waals surface area contributed by atoms with Crippen molar-refractivity contribution in [3.8, 4) is 11.5 Å². The summed E-state index contributed by atoms with van der Waals surface area (Å²) in [6.07, 6.45) is 0.812. The Labute approximate surface area is 214 Å². The van der Waals surface area contributed by atoms with Crippen molar-refractivity contribution in [1.82, 2.24) is 4.90 Å². The van der Waals surface area contributed by atoms with Crippen LogP contribution >= 0.6 is 0 Å². The van der Waals surface area contributed by atoms with E-state index >= 15 is 0 Å². The number of carboxylic acid groups (broad SMARTS) is 1. The SMILES string of the molecule is CCCOc1cccc(/C(O)=C2\C(=O)C(=O)N(Cc3ccc(C(=O)O)cc3)C2c2ccc(OC)cc2)c1. The molecule has 1 amide bonds. The van der Waals surface area contributed by atoms with Gasteiger partial charge < -0.3 is 24.6 Å². The molecule has 0 bridgehead atoms. The highest BCUT2D eigenvalue weighted by molar-refractivity contribution is 6.46. The summed E-state index contributed by atoms with van der Waals surface area (Å²) >= 11 is 0. The molecule has 0 radical (unpaired) electrons. The van der Waals surface area contributed by atoms with Gasteiger partial charge in [-0.2, -0.15) is 0 Å². The van der Waals surface area contributed by atoms with Gasteiger partial charge in [0.05, 0.1) is 30.9 Å². The number of carbonyl (C=O) groups is 3. The number of aliphatic hydroxyl groups is 1. The summed E-state index contributed by atoms with van der Waals surface area (Å²) in [6.45, 7) is 2.52. The molecule has 0 saturated carbocycles. The van der Waals surface area contributed by atoms with Gasteiger partial charge in [0.2, 0.25) is 0 Å². The number of carbonyl (C=O) groups excluding carboxylic acids is 2. The van der Waals surface area contributed by atoms with Gasteiger partial charge in [0, 0.05) is 12.1 Å². The van der Waals surface area contributed by atoms with Gasteiger partial charge in [-0.15, -0.1) is 0 Å². The maximum atomic E-state index is 13.3. The average Bonchev–Trinajstić information content (AvgIpc) is 3.17. The van der Waals surface area contributed by atoms with Gasteiger partial charge in [0.25, 0.3) is 11.7 Å². The van der Waals surface area contributed by atoms with Crippen LogP contribution in [0.1, 0.15) is 46.4 Å². The molecular weight excluding hydrogens is 474 g/mol. The number of ether oxygens (including phenoxy) is 2. The molecule has 2 N–H and O–H groups in total. The van der Waals surface area contributed by atoms with Crippen LogP contribution in [-0.4, -0.2) is 46.5 Å². The normalized spacial score (nSPS) is 16.6. The zero-order chi connectivity index (χ0) is 26.5. The number of likely N-dealkylation sites (tertiary alicyclic amines) is 1. The van der Waals surface area contributed by atoms with Crippen LogP contribution in [0.25, 0.3) is 5.76 Å². The van der Waals surface area contributed by atoms with Crippen molar-refractivity contribution < 1.29 is 34.1 Å². The summed E-state index contributed by atoms with van der Waals surface area (Å²) in [4.78, 5) is 39.1. The van der Waals surface area contributed by atoms with E-state index in [-0.39, 0.29) is 23.4 Å². The highest BCUT2D eigenvalue weighted by Crippen LogP contribution is 2.41. The number of Topliss-reactive ketones (excluding diaryl/α,β-unsaturated/α-hetero) is 1. The van der Waals surface area contributed by atoms with E-state index in [1.165, 1.54) is 24.1 Å². The molecule has 1 atom stereocenters. The van der Waals surface area contributed by atoms with Crippen molar-refractivity contribution in [1.29, 1.82) is 0 Å². The lowest BCUT2D eigenvalue weighted by molar-refractivity contribution is -0.140. The molecule has 0 spiro atoms. The van der Waals surface area contributed by atoms with Crippen LogP contribution in [0.3, 0.4) is 0 Å². The molecule has 1 aliphatic rings. The summed E-state index contributed by atoms with van der Waals surface area (Å²) in [5.41, 5.74) is 1.69. The van der Waals surface area contributed by atoms with E-state index in [2.05, 4.69) is 0 Å². The van der Waals surface area contributed by atoms with Crippen LogP contribution in [-0.2, 0) is 16.1 Å². The number of hydrogen-bond donors (Lipinski definition) is 2. The number of nitrogens with zero attached hydrogens (tertiary/aromatic N) is 1. The zero-order valence-corrected chi connectivity index (χ0v) is 20.5. The van der Waals surface area contributed by atoms with E-state index in [1.54, 1.807) is 60.7 Å². The third kappa shape index (κ3) is 5.33. The minimum Gasteiger partial charge on any atom is -0.507 e. The summed E-state index contributed by atoms with van der Waals surface area (Å²) in [5.74, 6) is -1.78. The summed E-state index contributed by atoms with van der Waals surface area (Å²) < 4.78 is 10.9. The van der Waals surface area contributed by atoms with Crippen LogP contribution in [0, 0.1) is 0 Å². The molecule has 8 nitrogen and oxygen atoms in total. The van der Waals surface area contributed by atoms with Crippen LogP contribution in [0.2, 0.25) is 0 Å². The molecule has 37 heavy (non-hydrogen) atoms. The van der Waals surface area contributed by atoms with Gasteiger partial charge in [0.15, 0.2) is 0 Å². The fourth-order valence-corrected chi connectivity index (χ4v) is 4.23. The Balaban J connectivity index is 1.79. The molecular formula is C29H27NO7. The van der Waals surface area contributed by atoms with Crippen LogP contribution in [0.4, 0.5) is 0 Å². The van der Waals surface area contributed by atoms with E-state index in [4.69, 9.17) is 9.47 Å². The first-order valence-electron chi connectivity index (χ1n) is 11.8. The van der Waals surface area contributed by atoms with Gasteiger partial charge in [-0.3, -0.25) is 9.59 Å². The van der Waals surface area contributed by atoms with Gasteiger partial charge in [0.1, 0.15) is 17.3 Å². The number of amides is 1. The Morgan fingerprint density at radius 2 is 1.62 bits per heavy atom. The van der Waals surface area contributed by atoms with E-state index in [0.29, 0.717) is 34.8 Å². The number of methoxy groups -OCH3 is 1. The molecule has 1 heterocycles. The molecule has 190 valence electrons. The first-order valence-corrected chi connectivity index (χ1v) is 11.8. The van der Waals surface area contributed by atoms with E-state index < -0.39 is 23.7 Å². The molecule has 1 fully saturated rings. The quantitative estimate of drug-likeness (QED) is 0.246. The highest BCUT2D eigenvalue weighted by Gasteiger charge is 2.46. The Morgan fingerprint density at radius 1 is 0.919 bits per heavy atom. The largest absolute Gasteiger partial charge is 0.507 e. The van der Waals surface area contributed by atoms with Gasteiger partial charge in [-0.25, -0.2) is 4.79 Å². The summed E-state index contributed by atoms with van der Waals surface area (Å²) in [7, 11) is 1.54. The number of ketones is 1. The zero-order valence-electron chi connectivity index (χ0n) is 20.5. The highest BCUT2D eigenvalue weighted by atomic mass is 16.5. The number of hydrogen-bond acceptors (Lipinski definition) is 6. The molecule has 8 heteroatoms. The first kappa shape index (κ1) is 25.5. The lowest BCUT2D eigenvalue weighted by atomic mass is 9.95. The smallest absolute Gasteiger partial charge is 0.335 e. The van der Waals surface area contributed by atoms with Gasteiger partial charge in [-0.05, 0) is 53.9 Å². The van der Waals surface area contributed by atoms with E-state index in [9.17, 15) is 24.6 Å². The summed E-state index contributed by atoms with van der Waals surface area (Å²) in [6, 6.07) is 18.9. The fourth-order valence-electron chi connectivity index (χ4n) is 4.23. The maximum Gasteiger partial charge on any atom is 0.335 e. The van der Waals surface area contributed by atoms with Crippen LogP contribution in [0.15, 0.2) is 78.4 Å². The standard InChI is InChI=1S/C29H27NO7/c1-3-15-37-23-6-4-5-21(16-23)26(31)24-25(19-11-13-22(36-2)14-12-19)30(28(33)27(24)32)17-18-7-9-20(10-8-18)29(34)35/h4-14,16,25,31H,3,15,17H2,1-2H3,(H,34,35)/b26-24+. The molecule has 4 rings (SSSR count). The lowest BCUT2D eigenvalue weighted by Crippen LogP contribution is -2.29. The van der Waals surface area contributed by atoms with Crippen molar-refractivity contribution in [2.24, 2.45) is 0 Å². The number of aromatic carboxylic acids is 1. The number of rotatable bonds is 9. The minimum absolute atomic E-state index is 0.0371. The molecule has 1 aliphatic heterocycles. The van der Waals surface area contributed by atoms with Crippen molar-refractivity contribution in [2.45, 2.75) is 25.9 Å². The third-order valence-electron chi connectivity index (χ3n) is 6.11. The molecule has 1 unspecified atom stereocenters. The Morgan fingerprint density at radius 3 is 2.24 bits per heavy atom. The second-order valence-corrected chi connectivity index (χ2v) is 8.58. The Kier molecular flexibility index (Phi) is 7.57. The Bertz CT molecular complexity index is 1340. The van der Waals surface area contributed by atoms with Crippen molar-refractivity contribution in [2.75, 3.05) is 13.7 Å².